The van der Waals surface area contributed by atoms with E-state index in [1.54, 1.807) is 0 Å². The van der Waals surface area contributed by atoms with Gasteiger partial charge in [-0.25, -0.2) is 9.97 Å². The van der Waals surface area contributed by atoms with Crippen molar-refractivity contribution in [1.29, 1.82) is 0 Å². The molecule has 1 aromatic heterocycles. The Balaban J connectivity index is 1.66. The monoisotopic (exact) mass is 280 g/mol. The fraction of sp³-hybridized carbons (Fsp3) is 0.615. The lowest BCUT2D eigenvalue weighted by atomic mass is 10.3. The third-order valence-corrected chi connectivity index (χ3v) is 3.77. The summed E-state index contributed by atoms with van der Waals surface area (Å²) in [4.78, 5) is 20.4. The molecule has 2 N–H and O–H groups in total. The molecule has 2 aliphatic carbocycles. The van der Waals surface area contributed by atoms with Gasteiger partial charge in [-0.2, -0.15) is 0 Å². The van der Waals surface area contributed by atoms with E-state index in [0.717, 1.165) is 37.1 Å². The van der Waals surface area contributed by atoms with Crippen LogP contribution in [0.4, 0.5) is 5.82 Å². The minimum Gasteiger partial charge on any atom is -0.361 e. The van der Waals surface area contributed by atoms with Crippen molar-refractivity contribution < 1.29 is 4.79 Å². The molecule has 0 spiro atoms. The Hall–Kier alpha value is -1.36. The third-order valence-electron chi connectivity index (χ3n) is 3.41. The van der Waals surface area contributed by atoms with E-state index < -0.39 is 0 Å². The standard InChI is InChI=1S/C13H17ClN4O/c1-7-11(14)17-13(8-2-3-8)18-12(7)15-6-10(19)16-9-4-5-9/h8-9H,2-6H2,1H3,(H,16,19)(H,15,17,18). The van der Waals surface area contributed by atoms with Gasteiger partial charge in [-0.05, 0) is 32.6 Å². The van der Waals surface area contributed by atoms with Crippen LogP contribution in [0.1, 0.15) is 43.0 Å². The molecule has 2 aliphatic rings. The number of nitrogens with zero attached hydrogens (tertiary/aromatic N) is 2. The van der Waals surface area contributed by atoms with Crippen LogP contribution in [0, 0.1) is 6.92 Å². The van der Waals surface area contributed by atoms with Crippen LogP contribution < -0.4 is 10.6 Å². The predicted octanol–water partition coefficient (Wildman–Crippen LogP) is 2.01. The fourth-order valence-electron chi connectivity index (χ4n) is 1.87. The van der Waals surface area contributed by atoms with Crippen LogP contribution in [-0.2, 0) is 4.79 Å². The smallest absolute Gasteiger partial charge is 0.239 e. The van der Waals surface area contributed by atoms with E-state index in [1.807, 2.05) is 6.92 Å². The molecule has 3 rings (SSSR count). The van der Waals surface area contributed by atoms with Gasteiger partial charge < -0.3 is 10.6 Å². The van der Waals surface area contributed by atoms with Gasteiger partial charge in [-0.1, -0.05) is 11.6 Å². The first kappa shape index (κ1) is 12.7. The van der Waals surface area contributed by atoms with Crippen molar-refractivity contribution >= 4 is 23.3 Å². The molecule has 1 aromatic rings. The lowest BCUT2D eigenvalue weighted by Gasteiger charge is -2.11. The normalized spacial score (nSPS) is 18.2. The molecule has 0 bridgehead atoms. The minimum atomic E-state index is 0.00427. The van der Waals surface area contributed by atoms with E-state index in [-0.39, 0.29) is 12.5 Å². The summed E-state index contributed by atoms with van der Waals surface area (Å²) >= 11 is 6.11. The van der Waals surface area contributed by atoms with Crippen LogP contribution >= 0.6 is 11.6 Å². The van der Waals surface area contributed by atoms with Crippen LogP contribution in [0.5, 0.6) is 0 Å². The predicted molar refractivity (Wildman–Crippen MR) is 73.4 cm³/mol. The molecular formula is C13H17ClN4O. The molecule has 0 unspecified atom stereocenters. The number of anilines is 1. The number of hydrogen-bond donors (Lipinski definition) is 2. The first-order chi connectivity index (χ1) is 9.13. The van der Waals surface area contributed by atoms with E-state index in [1.165, 1.54) is 0 Å². The summed E-state index contributed by atoms with van der Waals surface area (Å²) in [6, 6.07) is 0.381. The molecular weight excluding hydrogens is 264 g/mol. The maximum Gasteiger partial charge on any atom is 0.239 e. The number of carbonyl (C=O) groups is 1. The molecule has 6 heteroatoms. The van der Waals surface area contributed by atoms with Crippen LogP contribution in [0.2, 0.25) is 5.15 Å². The van der Waals surface area contributed by atoms with E-state index >= 15 is 0 Å². The fourth-order valence-corrected chi connectivity index (χ4v) is 2.05. The van der Waals surface area contributed by atoms with Crippen LogP contribution in [0.15, 0.2) is 0 Å². The van der Waals surface area contributed by atoms with Gasteiger partial charge in [0.05, 0.1) is 6.54 Å². The minimum absolute atomic E-state index is 0.00427. The molecule has 0 atom stereocenters. The summed E-state index contributed by atoms with van der Waals surface area (Å²) in [5.74, 6) is 1.91. The highest BCUT2D eigenvalue weighted by atomic mass is 35.5. The van der Waals surface area contributed by atoms with Gasteiger partial charge in [0.2, 0.25) is 5.91 Å². The highest BCUT2D eigenvalue weighted by molar-refractivity contribution is 6.30. The van der Waals surface area contributed by atoms with E-state index in [0.29, 0.717) is 22.9 Å². The second-order valence-corrected chi connectivity index (χ2v) is 5.67. The Bertz CT molecular complexity index is 512. The topological polar surface area (TPSA) is 66.9 Å². The van der Waals surface area contributed by atoms with Crippen molar-refractivity contribution in [3.05, 3.63) is 16.5 Å². The Labute approximate surface area is 117 Å². The van der Waals surface area contributed by atoms with Gasteiger partial charge in [-0.15, -0.1) is 0 Å². The highest BCUT2D eigenvalue weighted by Crippen LogP contribution is 2.39. The molecule has 0 saturated heterocycles. The van der Waals surface area contributed by atoms with Crippen LogP contribution in [0.25, 0.3) is 0 Å². The Morgan fingerprint density at radius 3 is 2.68 bits per heavy atom. The molecule has 1 heterocycles. The molecule has 19 heavy (non-hydrogen) atoms. The molecule has 2 fully saturated rings. The molecule has 5 nitrogen and oxygen atoms in total. The molecule has 0 aromatic carbocycles. The number of nitrogens with one attached hydrogen (secondary N) is 2. The number of rotatable bonds is 5. The number of halogens is 1. The average Bonchev–Trinajstić information content (AvgIpc) is 3.23. The summed E-state index contributed by atoms with van der Waals surface area (Å²) in [6.07, 6.45) is 4.44. The third kappa shape index (κ3) is 3.15. The molecule has 0 aliphatic heterocycles. The second-order valence-electron chi connectivity index (χ2n) is 5.32. The van der Waals surface area contributed by atoms with Crippen molar-refractivity contribution in [1.82, 2.24) is 15.3 Å². The first-order valence-electron chi connectivity index (χ1n) is 6.70. The number of carbonyl (C=O) groups excluding carboxylic acids is 1. The SMILES string of the molecule is Cc1c(Cl)nc(C2CC2)nc1NCC(=O)NC1CC1. The number of hydrogen-bond acceptors (Lipinski definition) is 4. The number of amides is 1. The van der Waals surface area contributed by atoms with Gasteiger partial charge in [0.25, 0.3) is 0 Å². The Kier molecular flexibility index (Phi) is 3.31. The largest absolute Gasteiger partial charge is 0.361 e. The maximum absolute atomic E-state index is 11.6. The average molecular weight is 281 g/mol. The van der Waals surface area contributed by atoms with Crippen molar-refractivity contribution in [3.63, 3.8) is 0 Å². The summed E-state index contributed by atoms with van der Waals surface area (Å²) < 4.78 is 0. The number of aromatic nitrogens is 2. The lowest BCUT2D eigenvalue weighted by molar-refractivity contribution is -0.119. The van der Waals surface area contributed by atoms with Crippen molar-refractivity contribution in [2.45, 2.75) is 44.6 Å². The Morgan fingerprint density at radius 1 is 1.32 bits per heavy atom. The molecule has 1 amide bonds. The zero-order chi connectivity index (χ0) is 13.4. The Morgan fingerprint density at radius 2 is 2.05 bits per heavy atom. The summed E-state index contributed by atoms with van der Waals surface area (Å²) in [5, 5.41) is 6.47. The second kappa shape index (κ2) is 4.96. The van der Waals surface area contributed by atoms with Gasteiger partial charge in [0, 0.05) is 17.5 Å². The maximum atomic E-state index is 11.6. The van der Waals surface area contributed by atoms with Crippen molar-refractivity contribution in [2.24, 2.45) is 0 Å². The highest BCUT2D eigenvalue weighted by Gasteiger charge is 2.28. The van der Waals surface area contributed by atoms with Crippen LogP contribution in [-0.4, -0.2) is 28.5 Å². The zero-order valence-corrected chi connectivity index (χ0v) is 11.6. The van der Waals surface area contributed by atoms with Crippen molar-refractivity contribution in [3.8, 4) is 0 Å². The van der Waals surface area contributed by atoms with E-state index in [9.17, 15) is 4.79 Å². The van der Waals surface area contributed by atoms with Crippen molar-refractivity contribution in [2.75, 3.05) is 11.9 Å². The summed E-state index contributed by atoms with van der Waals surface area (Å²) in [5.41, 5.74) is 0.797. The summed E-state index contributed by atoms with van der Waals surface area (Å²) in [7, 11) is 0. The van der Waals surface area contributed by atoms with E-state index in [2.05, 4.69) is 20.6 Å². The first-order valence-corrected chi connectivity index (χ1v) is 7.08. The zero-order valence-electron chi connectivity index (χ0n) is 10.9. The van der Waals surface area contributed by atoms with Gasteiger partial charge >= 0.3 is 0 Å². The lowest BCUT2D eigenvalue weighted by Crippen LogP contribution is -2.31. The molecule has 102 valence electrons. The van der Waals surface area contributed by atoms with E-state index in [4.69, 9.17) is 11.6 Å². The van der Waals surface area contributed by atoms with Gasteiger partial charge in [-0.3, -0.25) is 4.79 Å². The molecule has 0 radical (unpaired) electrons. The van der Waals surface area contributed by atoms with Gasteiger partial charge in [0.15, 0.2) is 0 Å². The quantitative estimate of drug-likeness (QED) is 0.810. The summed E-state index contributed by atoms with van der Waals surface area (Å²) in [6.45, 7) is 2.09. The van der Waals surface area contributed by atoms with Gasteiger partial charge in [0.1, 0.15) is 16.8 Å². The van der Waals surface area contributed by atoms with Crippen LogP contribution in [0.3, 0.4) is 0 Å². The molecule has 2 saturated carbocycles.